The molecule has 2 aliphatic heterocycles. The molecule has 1 fully saturated rings. The van der Waals surface area contributed by atoms with Gasteiger partial charge < -0.3 is 18.8 Å². The summed E-state index contributed by atoms with van der Waals surface area (Å²) < 4.78 is 47.0. The molecule has 4 rings (SSSR count). The number of hydrogen-bond acceptors (Lipinski definition) is 5. The van der Waals surface area contributed by atoms with Gasteiger partial charge in [-0.1, -0.05) is 0 Å². The molecule has 2 aromatic rings. The molecular weight excluding hydrogens is 391 g/mol. The highest BCUT2D eigenvalue weighted by Crippen LogP contribution is 2.29. The van der Waals surface area contributed by atoms with Crippen LogP contribution < -0.4 is 5.56 Å². The number of carbonyl (C=O) groups excluding carboxylic acids is 1. The number of halogens is 3. The SMILES string of the molecule is Cc1ccn(CC2CCCO2)c(=O)c1C(=O)N1CCn2c(nnc2C(F)(F)F)C1. The maximum atomic E-state index is 13.0. The molecule has 2 aliphatic rings. The minimum atomic E-state index is -4.61. The van der Waals surface area contributed by atoms with Crippen molar-refractivity contribution in [3.63, 3.8) is 0 Å². The minimum Gasteiger partial charge on any atom is -0.376 e. The van der Waals surface area contributed by atoms with Gasteiger partial charge in [0.2, 0.25) is 5.82 Å². The number of amides is 1. The molecule has 29 heavy (non-hydrogen) atoms. The summed E-state index contributed by atoms with van der Waals surface area (Å²) in [5, 5.41) is 6.79. The van der Waals surface area contributed by atoms with E-state index in [9.17, 15) is 22.8 Å². The fraction of sp³-hybridized carbons (Fsp3) is 0.556. The summed E-state index contributed by atoms with van der Waals surface area (Å²) >= 11 is 0. The predicted molar refractivity (Wildman–Crippen MR) is 94.2 cm³/mol. The van der Waals surface area contributed by atoms with Gasteiger partial charge in [-0.2, -0.15) is 13.2 Å². The third kappa shape index (κ3) is 3.66. The number of nitrogens with zero attached hydrogens (tertiary/aromatic N) is 5. The fourth-order valence-corrected chi connectivity index (χ4v) is 3.78. The van der Waals surface area contributed by atoms with Gasteiger partial charge in [0.25, 0.3) is 11.5 Å². The normalized spacial score (nSPS) is 19.4. The number of fused-ring (bicyclic) bond motifs is 1. The van der Waals surface area contributed by atoms with Gasteiger partial charge in [-0.3, -0.25) is 9.59 Å². The first-order valence-corrected chi connectivity index (χ1v) is 9.36. The second-order valence-corrected chi connectivity index (χ2v) is 7.28. The third-order valence-corrected chi connectivity index (χ3v) is 5.31. The number of aryl methyl sites for hydroxylation is 1. The van der Waals surface area contributed by atoms with Gasteiger partial charge in [0.05, 0.1) is 19.2 Å². The molecule has 0 radical (unpaired) electrons. The maximum absolute atomic E-state index is 13.0. The number of hydrogen-bond donors (Lipinski definition) is 0. The lowest BCUT2D eigenvalue weighted by Gasteiger charge is -2.28. The van der Waals surface area contributed by atoms with Gasteiger partial charge >= 0.3 is 6.18 Å². The van der Waals surface area contributed by atoms with Gasteiger partial charge in [-0.05, 0) is 31.4 Å². The van der Waals surface area contributed by atoms with Crippen LogP contribution in [0.2, 0.25) is 0 Å². The van der Waals surface area contributed by atoms with Crippen LogP contribution in [-0.2, 0) is 30.5 Å². The quantitative estimate of drug-likeness (QED) is 0.766. The molecule has 8 nitrogen and oxygen atoms in total. The summed E-state index contributed by atoms with van der Waals surface area (Å²) in [4.78, 5) is 27.3. The zero-order valence-electron chi connectivity index (χ0n) is 15.8. The molecule has 1 amide bonds. The van der Waals surface area contributed by atoms with Crippen molar-refractivity contribution in [2.75, 3.05) is 13.2 Å². The highest BCUT2D eigenvalue weighted by molar-refractivity contribution is 5.95. The van der Waals surface area contributed by atoms with Crippen molar-refractivity contribution in [3.8, 4) is 0 Å². The van der Waals surface area contributed by atoms with Crippen molar-refractivity contribution in [3.05, 3.63) is 45.4 Å². The first kappa shape index (κ1) is 19.6. The summed E-state index contributed by atoms with van der Waals surface area (Å²) in [6.07, 6.45) is -1.24. The summed E-state index contributed by atoms with van der Waals surface area (Å²) in [5.74, 6) is -1.54. The van der Waals surface area contributed by atoms with Gasteiger partial charge in [0.15, 0.2) is 5.82 Å². The lowest BCUT2D eigenvalue weighted by atomic mass is 10.1. The Bertz CT molecular complexity index is 992. The Morgan fingerprint density at radius 1 is 1.31 bits per heavy atom. The molecule has 156 valence electrons. The number of pyridine rings is 1. The summed E-state index contributed by atoms with van der Waals surface area (Å²) in [7, 11) is 0. The Labute approximate surface area is 163 Å². The van der Waals surface area contributed by atoms with Crippen LogP contribution in [0.25, 0.3) is 0 Å². The van der Waals surface area contributed by atoms with Crippen LogP contribution in [0, 0.1) is 6.92 Å². The van der Waals surface area contributed by atoms with E-state index in [1.165, 1.54) is 9.47 Å². The zero-order chi connectivity index (χ0) is 20.8. The van der Waals surface area contributed by atoms with Crippen LogP contribution in [0.5, 0.6) is 0 Å². The molecule has 4 heterocycles. The highest BCUT2D eigenvalue weighted by Gasteiger charge is 2.40. The van der Waals surface area contributed by atoms with E-state index in [2.05, 4.69) is 10.2 Å². The molecule has 0 spiro atoms. The first-order valence-electron chi connectivity index (χ1n) is 9.36. The number of alkyl halides is 3. The smallest absolute Gasteiger partial charge is 0.376 e. The monoisotopic (exact) mass is 411 g/mol. The van der Waals surface area contributed by atoms with E-state index in [1.54, 1.807) is 19.2 Å². The Balaban J connectivity index is 1.58. The van der Waals surface area contributed by atoms with Gasteiger partial charge in [0.1, 0.15) is 5.56 Å². The Kier molecular flexibility index (Phi) is 4.93. The largest absolute Gasteiger partial charge is 0.451 e. The van der Waals surface area contributed by atoms with Gasteiger partial charge in [-0.25, -0.2) is 0 Å². The van der Waals surface area contributed by atoms with Crippen molar-refractivity contribution < 1.29 is 22.7 Å². The molecule has 0 bridgehead atoms. The number of carbonyl (C=O) groups is 1. The van der Waals surface area contributed by atoms with E-state index in [1.807, 2.05) is 0 Å². The van der Waals surface area contributed by atoms with E-state index < -0.39 is 23.5 Å². The second kappa shape index (κ2) is 7.29. The standard InChI is InChI=1S/C18H20F3N5O3/c1-11-4-5-24(9-12-3-2-8-29-12)15(27)14(11)16(28)25-6-7-26-13(10-25)22-23-17(26)18(19,20)21/h4-5,12H,2-3,6-10H2,1H3. The van der Waals surface area contributed by atoms with Crippen LogP contribution >= 0.6 is 0 Å². The lowest BCUT2D eigenvalue weighted by molar-refractivity contribution is -0.147. The topological polar surface area (TPSA) is 82.2 Å². The van der Waals surface area contributed by atoms with E-state index in [0.29, 0.717) is 18.7 Å². The van der Waals surface area contributed by atoms with Crippen LogP contribution in [0.3, 0.4) is 0 Å². The summed E-state index contributed by atoms with van der Waals surface area (Å²) in [6.45, 7) is 2.50. The Morgan fingerprint density at radius 3 is 2.79 bits per heavy atom. The molecule has 0 saturated carbocycles. The van der Waals surface area contributed by atoms with E-state index in [-0.39, 0.29) is 37.1 Å². The predicted octanol–water partition coefficient (Wildman–Crippen LogP) is 1.60. The average Bonchev–Trinajstić information content (AvgIpc) is 3.32. The average molecular weight is 411 g/mol. The van der Waals surface area contributed by atoms with Crippen LogP contribution in [0.4, 0.5) is 13.2 Å². The minimum absolute atomic E-state index is 0.0227. The van der Waals surface area contributed by atoms with E-state index >= 15 is 0 Å². The number of rotatable bonds is 3. The summed E-state index contributed by atoms with van der Waals surface area (Å²) in [6, 6.07) is 1.69. The van der Waals surface area contributed by atoms with Crippen molar-refractivity contribution in [2.24, 2.45) is 0 Å². The maximum Gasteiger partial charge on any atom is 0.451 e. The molecule has 1 atom stereocenters. The van der Waals surface area contributed by atoms with Crippen LogP contribution in [-0.4, -0.2) is 49.4 Å². The molecule has 1 unspecified atom stereocenters. The zero-order valence-corrected chi connectivity index (χ0v) is 15.8. The number of aromatic nitrogens is 4. The van der Waals surface area contributed by atoms with E-state index in [0.717, 1.165) is 17.4 Å². The van der Waals surface area contributed by atoms with Crippen molar-refractivity contribution in [2.45, 2.75) is 51.7 Å². The second-order valence-electron chi connectivity index (χ2n) is 7.28. The molecule has 1 saturated heterocycles. The molecular formula is C18H20F3N5O3. The van der Waals surface area contributed by atoms with Gasteiger partial charge in [0, 0.05) is 25.9 Å². The Morgan fingerprint density at radius 2 is 2.10 bits per heavy atom. The van der Waals surface area contributed by atoms with Gasteiger partial charge in [-0.15, -0.1) is 10.2 Å². The first-order chi connectivity index (χ1) is 13.8. The van der Waals surface area contributed by atoms with Crippen LogP contribution in [0.1, 0.15) is 40.4 Å². The van der Waals surface area contributed by atoms with E-state index in [4.69, 9.17) is 4.74 Å². The van der Waals surface area contributed by atoms with Crippen molar-refractivity contribution in [1.29, 1.82) is 0 Å². The Hall–Kier alpha value is -2.69. The lowest BCUT2D eigenvalue weighted by Crippen LogP contribution is -2.42. The fourth-order valence-electron chi connectivity index (χ4n) is 3.78. The molecule has 2 aromatic heterocycles. The molecule has 0 N–H and O–H groups in total. The van der Waals surface area contributed by atoms with Crippen molar-refractivity contribution >= 4 is 5.91 Å². The molecule has 11 heteroatoms. The molecule has 0 aliphatic carbocycles. The highest BCUT2D eigenvalue weighted by atomic mass is 19.4. The molecule has 0 aromatic carbocycles. The van der Waals surface area contributed by atoms with Crippen LogP contribution in [0.15, 0.2) is 17.1 Å². The summed E-state index contributed by atoms with van der Waals surface area (Å²) in [5.41, 5.74) is 0.120. The van der Waals surface area contributed by atoms with Crippen molar-refractivity contribution in [1.82, 2.24) is 24.2 Å². The number of ether oxygens (including phenoxy) is 1. The third-order valence-electron chi connectivity index (χ3n) is 5.31.